The van der Waals surface area contributed by atoms with Crippen LogP contribution in [-0.4, -0.2) is 100 Å². The van der Waals surface area contributed by atoms with Crippen molar-refractivity contribution in [3.63, 3.8) is 0 Å². The summed E-state index contributed by atoms with van der Waals surface area (Å²) in [5.41, 5.74) is 0. The maximum Gasteiger partial charge on any atom is 0.190 e. The van der Waals surface area contributed by atoms with E-state index in [2.05, 4.69) is 37.4 Å². The molecule has 2 aliphatic rings. The van der Waals surface area contributed by atoms with Gasteiger partial charge in [-0.25, -0.2) is 0 Å². The molecule has 2 N–H and O–H groups in total. The molecule has 0 atom stereocenters. The summed E-state index contributed by atoms with van der Waals surface area (Å²) in [6.45, 7) is 11.9. The Kier molecular flexibility index (Phi) is 11.0. The van der Waals surface area contributed by atoms with Gasteiger partial charge in [0.25, 0.3) is 0 Å². The van der Waals surface area contributed by atoms with Crippen molar-refractivity contribution in [1.82, 2.24) is 25.3 Å². The van der Waals surface area contributed by atoms with Gasteiger partial charge in [0.15, 0.2) is 5.96 Å². The minimum atomic E-state index is 0.959. The van der Waals surface area contributed by atoms with E-state index in [9.17, 15) is 0 Å². The zero-order valence-electron chi connectivity index (χ0n) is 17.3. The Bertz CT molecular complexity index is 370. The van der Waals surface area contributed by atoms with E-state index in [0.29, 0.717) is 0 Å². The van der Waals surface area contributed by atoms with Crippen molar-refractivity contribution in [2.45, 2.75) is 44.9 Å². The fourth-order valence-corrected chi connectivity index (χ4v) is 3.83. The Morgan fingerprint density at radius 1 is 0.731 bits per heavy atom. The first kappa shape index (κ1) is 21.5. The van der Waals surface area contributed by atoms with E-state index < -0.39 is 0 Å². The number of piperazine rings is 1. The first-order valence-corrected chi connectivity index (χ1v) is 10.9. The zero-order valence-corrected chi connectivity index (χ0v) is 17.3. The highest BCUT2D eigenvalue weighted by Gasteiger charge is 2.12. The van der Waals surface area contributed by atoms with Crippen molar-refractivity contribution in [3.8, 4) is 0 Å². The minimum Gasteiger partial charge on any atom is -0.356 e. The molecule has 0 unspecified atom stereocenters. The molecule has 0 aliphatic carbocycles. The van der Waals surface area contributed by atoms with E-state index >= 15 is 0 Å². The largest absolute Gasteiger partial charge is 0.356 e. The first-order valence-electron chi connectivity index (χ1n) is 10.9. The van der Waals surface area contributed by atoms with Gasteiger partial charge in [-0.3, -0.25) is 4.99 Å². The Labute approximate surface area is 161 Å². The van der Waals surface area contributed by atoms with Crippen LogP contribution in [0.25, 0.3) is 0 Å². The quantitative estimate of drug-likeness (QED) is 0.367. The third kappa shape index (κ3) is 9.19. The maximum atomic E-state index is 4.35. The molecule has 2 heterocycles. The van der Waals surface area contributed by atoms with E-state index in [4.69, 9.17) is 0 Å². The van der Waals surface area contributed by atoms with E-state index in [0.717, 1.165) is 19.0 Å². The van der Waals surface area contributed by atoms with E-state index in [1.165, 1.54) is 97.3 Å². The van der Waals surface area contributed by atoms with Gasteiger partial charge >= 0.3 is 0 Å². The molecule has 0 saturated carbocycles. The summed E-state index contributed by atoms with van der Waals surface area (Å²) < 4.78 is 0. The first-order chi connectivity index (χ1) is 12.8. The molecule has 0 aromatic heterocycles. The number of hydrogen-bond donors (Lipinski definition) is 2. The van der Waals surface area contributed by atoms with Crippen LogP contribution in [0.1, 0.15) is 44.9 Å². The van der Waals surface area contributed by atoms with Crippen LogP contribution in [0.15, 0.2) is 4.99 Å². The second-order valence-electron chi connectivity index (χ2n) is 7.89. The molecule has 2 aliphatic heterocycles. The molecule has 0 aromatic rings. The molecule has 2 fully saturated rings. The lowest BCUT2D eigenvalue weighted by molar-refractivity contribution is 0.152. The fraction of sp³-hybridized carbons (Fsp3) is 0.950. The number of aliphatic imine (C=N–C) groups is 1. The summed E-state index contributed by atoms with van der Waals surface area (Å²) in [6.07, 6.45) is 9.27. The van der Waals surface area contributed by atoms with Crippen LogP contribution in [0.3, 0.4) is 0 Å². The third-order valence-electron chi connectivity index (χ3n) is 5.66. The molecule has 0 aromatic carbocycles. The van der Waals surface area contributed by atoms with Crippen molar-refractivity contribution in [2.75, 3.05) is 79.5 Å². The number of hydrogen-bond acceptors (Lipinski definition) is 4. The van der Waals surface area contributed by atoms with Gasteiger partial charge < -0.3 is 25.3 Å². The lowest BCUT2D eigenvalue weighted by Crippen LogP contribution is -2.44. The Morgan fingerprint density at radius 2 is 1.31 bits per heavy atom. The lowest BCUT2D eigenvalue weighted by atomic mass is 10.2. The lowest BCUT2D eigenvalue weighted by Gasteiger charge is -2.32. The summed E-state index contributed by atoms with van der Waals surface area (Å²) >= 11 is 0. The van der Waals surface area contributed by atoms with Crippen molar-refractivity contribution >= 4 is 5.96 Å². The van der Waals surface area contributed by atoms with Crippen LogP contribution in [0, 0.1) is 0 Å². The van der Waals surface area contributed by atoms with Gasteiger partial charge in [-0.2, -0.15) is 0 Å². The van der Waals surface area contributed by atoms with Gasteiger partial charge in [0.1, 0.15) is 0 Å². The highest BCUT2D eigenvalue weighted by molar-refractivity contribution is 5.79. The second-order valence-corrected chi connectivity index (χ2v) is 7.89. The second kappa shape index (κ2) is 13.3. The number of likely N-dealkylation sites (tertiary alicyclic amines) is 1. The average Bonchev–Trinajstić information content (AvgIpc) is 2.93. The maximum absolute atomic E-state index is 4.35. The summed E-state index contributed by atoms with van der Waals surface area (Å²) in [6, 6.07) is 0. The number of unbranched alkanes of at least 4 members (excludes halogenated alkanes) is 1. The van der Waals surface area contributed by atoms with Gasteiger partial charge in [0, 0.05) is 46.3 Å². The highest BCUT2D eigenvalue weighted by atomic mass is 15.2. The average molecular weight is 367 g/mol. The predicted octanol–water partition coefficient (Wildman–Crippen LogP) is 1.45. The van der Waals surface area contributed by atoms with Crippen molar-refractivity contribution < 1.29 is 0 Å². The van der Waals surface area contributed by atoms with Crippen LogP contribution in [0.4, 0.5) is 0 Å². The molecule has 0 amide bonds. The van der Waals surface area contributed by atoms with Crippen molar-refractivity contribution in [1.29, 1.82) is 0 Å². The molecule has 26 heavy (non-hydrogen) atoms. The number of likely N-dealkylation sites (N-methyl/N-ethyl adjacent to an activating group) is 1. The number of rotatable bonds is 9. The smallest absolute Gasteiger partial charge is 0.190 e. The molecule has 6 nitrogen and oxygen atoms in total. The summed E-state index contributed by atoms with van der Waals surface area (Å²) in [7, 11) is 4.09. The topological polar surface area (TPSA) is 46.1 Å². The molecular weight excluding hydrogens is 324 g/mol. The van der Waals surface area contributed by atoms with Crippen LogP contribution < -0.4 is 10.6 Å². The molecular formula is C20H42N6. The monoisotopic (exact) mass is 366 g/mol. The minimum absolute atomic E-state index is 0.959. The standard InChI is InChI=1S/C20H42N6/c1-21-20(23-11-9-15-25-12-6-3-4-7-13-25)22-10-5-8-14-26-18-16-24(2)17-19-26/h3-19H2,1-2H3,(H2,21,22,23). The number of nitrogens with one attached hydrogen (secondary N) is 2. The normalized spacial score (nSPS) is 21.5. The van der Waals surface area contributed by atoms with Crippen LogP contribution in [-0.2, 0) is 0 Å². The summed E-state index contributed by atoms with van der Waals surface area (Å²) in [5.74, 6) is 0.959. The SMILES string of the molecule is CN=C(NCCCCN1CCN(C)CC1)NCCCN1CCCCCC1. The van der Waals surface area contributed by atoms with E-state index in [-0.39, 0.29) is 0 Å². The summed E-state index contributed by atoms with van der Waals surface area (Å²) in [5, 5.41) is 6.93. The highest BCUT2D eigenvalue weighted by Crippen LogP contribution is 2.09. The molecule has 2 saturated heterocycles. The Morgan fingerprint density at radius 3 is 1.96 bits per heavy atom. The molecule has 152 valence electrons. The van der Waals surface area contributed by atoms with E-state index in [1.807, 2.05) is 7.05 Å². The molecule has 6 heteroatoms. The fourth-order valence-electron chi connectivity index (χ4n) is 3.83. The molecule has 0 bridgehead atoms. The van der Waals surface area contributed by atoms with Gasteiger partial charge in [-0.05, 0) is 65.3 Å². The predicted molar refractivity (Wildman–Crippen MR) is 112 cm³/mol. The Hall–Kier alpha value is -0.850. The van der Waals surface area contributed by atoms with Gasteiger partial charge in [-0.15, -0.1) is 0 Å². The number of nitrogens with zero attached hydrogens (tertiary/aromatic N) is 4. The molecule has 2 rings (SSSR count). The Balaban J connectivity index is 1.44. The van der Waals surface area contributed by atoms with Gasteiger partial charge in [0.2, 0.25) is 0 Å². The van der Waals surface area contributed by atoms with Gasteiger partial charge in [-0.1, -0.05) is 12.8 Å². The molecule has 0 spiro atoms. The van der Waals surface area contributed by atoms with E-state index in [1.54, 1.807) is 0 Å². The van der Waals surface area contributed by atoms with Crippen molar-refractivity contribution in [3.05, 3.63) is 0 Å². The zero-order chi connectivity index (χ0) is 18.5. The molecule has 0 radical (unpaired) electrons. The summed E-state index contributed by atoms with van der Waals surface area (Å²) in [4.78, 5) is 12.0. The van der Waals surface area contributed by atoms with Crippen LogP contribution in [0.2, 0.25) is 0 Å². The van der Waals surface area contributed by atoms with Crippen LogP contribution >= 0.6 is 0 Å². The van der Waals surface area contributed by atoms with Crippen LogP contribution in [0.5, 0.6) is 0 Å². The number of guanidine groups is 1. The van der Waals surface area contributed by atoms with Crippen molar-refractivity contribution in [2.24, 2.45) is 4.99 Å². The van der Waals surface area contributed by atoms with Gasteiger partial charge in [0.05, 0.1) is 0 Å². The third-order valence-corrected chi connectivity index (χ3v) is 5.66.